The predicted molar refractivity (Wildman–Crippen MR) is 106 cm³/mol. The fourth-order valence-corrected chi connectivity index (χ4v) is 3.59. The molecule has 0 spiro atoms. The molecule has 1 fully saturated rings. The van der Waals surface area contributed by atoms with Gasteiger partial charge in [0.2, 0.25) is 11.7 Å². The molecule has 0 N–H and O–H groups in total. The molecule has 1 aliphatic rings. The molecule has 1 aromatic carbocycles. The van der Waals surface area contributed by atoms with E-state index in [-0.39, 0.29) is 0 Å². The van der Waals surface area contributed by atoms with Gasteiger partial charge in [0.15, 0.2) is 5.69 Å². The van der Waals surface area contributed by atoms with Crippen molar-refractivity contribution in [3.8, 4) is 40.2 Å². The van der Waals surface area contributed by atoms with Crippen molar-refractivity contribution in [1.82, 2.24) is 20.1 Å². The minimum atomic E-state index is 0.296. The maximum atomic E-state index is 6.09. The van der Waals surface area contributed by atoms with E-state index in [1.807, 2.05) is 36.4 Å². The topological polar surface area (TPSA) is 87.1 Å². The second kappa shape index (κ2) is 7.87. The largest absolute Gasteiger partial charge is 0.493 e. The van der Waals surface area contributed by atoms with Crippen LogP contribution >= 0.6 is 0 Å². The molecule has 7 heteroatoms. The number of aromatic nitrogens is 4. The molecule has 1 saturated carbocycles. The summed E-state index contributed by atoms with van der Waals surface area (Å²) in [5.74, 6) is 2.61. The van der Waals surface area contributed by atoms with E-state index in [0.717, 1.165) is 23.5 Å². The number of oxazole rings is 1. The molecule has 146 valence electrons. The Kier molecular flexibility index (Phi) is 4.78. The second-order valence-corrected chi connectivity index (χ2v) is 7.16. The monoisotopic (exact) mass is 388 g/mol. The maximum Gasteiger partial charge on any atom is 0.280 e. The van der Waals surface area contributed by atoms with E-state index in [1.54, 1.807) is 12.4 Å². The Hall–Kier alpha value is -3.48. The highest BCUT2D eigenvalue weighted by Gasteiger charge is 2.20. The minimum absolute atomic E-state index is 0.296. The van der Waals surface area contributed by atoms with Gasteiger partial charge in [-0.15, -0.1) is 0 Å². The van der Waals surface area contributed by atoms with Gasteiger partial charge in [0.1, 0.15) is 12.0 Å². The van der Waals surface area contributed by atoms with Crippen molar-refractivity contribution in [2.75, 3.05) is 6.61 Å². The Morgan fingerprint density at radius 2 is 1.90 bits per heavy atom. The Morgan fingerprint density at radius 1 is 1.00 bits per heavy atom. The summed E-state index contributed by atoms with van der Waals surface area (Å²) in [6.07, 6.45) is 9.95. The van der Waals surface area contributed by atoms with Crippen molar-refractivity contribution in [3.05, 3.63) is 55.1 Å². The van der Waals surface area contributed by atoms with Gasteiger partial charge in [0, 0.05) is 12.4 Å². The van der Waals surface area contributed by atoms with Gasteiger partial charge >= 0.3 is 0 Å². The summed E-state index contributed by atoms with van der Waals surface area (Å²) in [5.41, 5.74) is 2.06. The van der Waals surface area contributed by atoms with Crippen molar-refractivity contribution < 1.29 is 13.7 Å². The van der Waals surface area contributed by atoms with Crippen molar-refractivity contribution >= 4 is 0 Å². The molecule has 0 atom stereocenters. The SMILES string of the molecule is c1cncc(-c2nc(-c3nc(-c4ccccc4OCC4CCCC4)no3)co2)c1. The summed E-state index contributed by atoms with van der Waals surface area (Å²) in [6, 6.07) is 11.5. The van der Waals surface area contributed by atoms with Gasteiger partial charge in [0.25, 0.3) is 5.89 Å². The van der Waals surface area contributed by atoms with E-state index in [0.29, 0.717) is 29.2 Å². The maximum absolute atomic E-state index is 6.09. The summed E-state index contributed by atoms with van der Waals surface area (Å²) in [7, 11) is 0. The molecule has 29 heavy (non-hydrogen) atoms. The van der Waals surface area contributed by atoms with Gasteiger partial charge in [-0.3, -0.25) is 4.98 Å². The van der Waals surface area contributed by atoms with E-state index in [2.05, 4.69) is 20.1 Å². The Bertz CT molecular complexity index is 1080. The molecule has 3 aromatic heterocycles. The second-order valence-electron chi connectivity index (χ2n) is 7.16. The number of ether oxygens (including phenoxy) is 1. The number of benzene rings is 1. The third-order valence-electron chi connectivity index (χ3n) is 5.14. The summed E-state index contributed by atoms with van der Waals surface area (Å²) < 4.78 is 17.1. The van der Waals surface area contributed by atoms with Crippen LogP contribution in [0.15, 0.2) is 64.0 Å². The van der Waals surface area contributed by atoms with E-state index >= 15 is 0 Å². The molecule has 0 radical (unpaired) electrons. The van der Waals surface area contributed by atoms with Crippen LogP contribution in [0.25, 0.3) is 34.4 Å². The normalized spacial score (nSPS) is 14.3. The van der Waals surface area contributed by atoms with E-state index in [1.165, 1.54) is 31.9 Å². The van der Waals surface area contributed by atoms with Crippen molar-refractivity contribution in [1.29, 1.82) is 0 Å². The Labute approximate surface area is 167 Å². The van der Waals surface area contributed by atoms with Gasteiger partial charge < -0.3 is 13.7 Å². The average Bonchev–Trinajstić information content (AvgIpc) is 3.55. The first-order valence-corrected chi connectivity index (χ1v) is 9.79. The number of hydrogen-bond acceptors (Lipinski definition) is 7. The third kappa shape index (κ3) is 3.76. The van der Waals surface area contributed by atoms with Crippen LogP contribution in [-0.4, -0.2) is 26.7 Å². The van der Waals surface area contributed by atoms with Crippen LogP contribution in [-0.2, 0) is 0 Å². The van der Waals surface area contributed by atoms with Crippen LogP contribution in [0.1, 0.15) is 25.7 Å². The molecular weight excluding hydrogens is 368 g/mol. The van der Waals surface area contributed by atoms with Crippen molar-refractivity contribution in [2.24, 2.45) is 5.92 Å². The van der Waals surface area contributed by atoms with Gasteiger partial charge in [-0.2, -0.15) is 4.98 Å². The number of hydrogen-bond donors (Lipinski definition) is 0. The summed E-state index contributed by atoms with van der Waals surface area (Å²) in [6.45, 7) is 0.722. The standard InChI is InChI=1S/C22H20N4O3/c1-2-7-15(6-1)13-27-19-10-4-3-9-17(19)20-25-22(29-26-20)18-14-28-21(24-18)16-8-5-11-23-12-16/h3-5,8-12,14-15H,1-2,6-7,13H2. The fraction of sp³-hybridized carbons (Fsp3) is 0.273. The number of rotatable bonds is 6. The fourth-order valence-electron chi connectivity index (χ4n) is 3.59. The molecule has 0 saturated heterocycles. The number of para-hydroxylation sites is 1. The molecule has 0 aliphatic heterocycles. The van der Waals surface area contributed by atoms with Crippen molar-refractivity contribution in [2.45, 2.75) is 25.7 Å². The summed E-state index contributed by atoms with van der Waals surface area (Å²) in [4.78, 5) is 13.0. The Balaban J connectivity index is 1.37. The van der Waals surface area contributed by atoms with Gasteiger partial charge in [-0.25, -0.2) is 4.98 Å². The summed E-state index contributed by atoms with van der Waals surface area (Å²) in [5, 5.41) is 4.13. The van der Waals surface area contributed by atoms with Crippen molar-refractivity contribution in [3.63, 3.8) is 0 Å². The van der Waals surface area contributed by atoms with Gasteiger partial charge in [-0.05, 0) is 43.0 Å². The molecule has 1 aliphatic carbocycles. The van der Waals surface area contributed by atoms with Gasteiger partial charge in [-0.1, -0.05) is 30.1 Å². The zero-order chi connectivity index (χ0) is 19.5. The predicted octanol–water partition coefficient (Wildman–Crippen LogP) is 5.02. The first-order valence-electron chi connectivity index (χ1n) is 9.79. The minimum Gasteiger partial charge on any atom is -0.493 e. The molecule has 0 amide bonds. The number of nitrogens with zero attached hydrogens (tertiary/aromatic N) is 4. The van der Waals surface area contributed by atoms with Crippen LogP contribution in [0.2, 0.25) is 0 Å². The van der Waals surface area contributed by atoms with Crippen LogP contribution in [0.5, 0.6) is 5.75 Å². The highest BCUT2D eigenvalue weighted by Crippen LogP contribution is 2.32. The van der Waals surface area contributed by atoms with Crippen LogP contribution < -0.4 is 4.74 Å². The quantitative estimate of drug-likeness (QED) is 0.458. The highest BCUT2D eigenvalue weighted by molar-refractivity contribution is 5.65. The Morgan fingerprint density at radius 3 is 2.76 bits per heavy atom. The van der Waals surface area contributed by atoms with E-state index in [9.17, 15) is 0 Å². The molecular formula is C22H20N4O3. The van der Waals surface area contributed by atoms with Crippen LogP contribution in [0.3, 0.4) is 0 Å². The molecule has 0 unspecified atom stereocenters. The molecule has 7 nitrogen and oxygen atoms in total. The molecule has 3 heterocycles. The highest BCUT2D eigenvalue weighted by atomic mass is 16.5. The van der Waals surface area contributed by atoms with Crippen LogP contribution in [0.4, 0.5) is 0 Å². The lowest BCUT2D eigenvalue weighted by atomic mass is 10.1. The average molecular weight is 388 g/mol. The smallest absolute Gasteiger partial charge is 0.280 e. The lowest BCUT2D eigenvalue weighted by molar-refractivity contribution is 0.253. The van der Waals surface area contributed by atoms with E-state index < -0.39 is 0 Å². The molecule has 4 aromatic rings. The summed E-state index contributed by atoms with van der Waals surface area (Å²) >= 11 is 0. The third-order valence-corrected chi connectivity index (χ3v) is 5.14. The zero-order valence-electron chi connectivity index (χ0n) is 15.8. The molecule has 0 bridgehead atoms. The molecule has 5 rings (SSSR count). The van der Waals surface area contributed by atoms with Gasteiger partial charge in [0.05, 0.1) is 17.7 Å². The zero-order valence-corrected chi connectivity index (χ0v) is 15.8. The van der Waals surface area contributed by atoms with Crippen LogP contribution in [0, 0.1) is 5.92 Å². The van der Waals surface area contributed by atoms with E-state index in [4.69, 9.17) is 13.7 Å². The number of pyridine rings is 1. The first-order chi connectivity index (χ1) is 14.4. The first kappa shape index (κ1) is 17.6. The lowest BCUT2D eigenvalue weighted by Crippen LogP contribution is -2.08. The lowest BCUT2D eigenvalue weighted by Gasteiger charge is -2.13.